The predicted octanol–water partition coefficient (Wildman–Crippen LogP) is 3.96. The van der Waals surface area contributed by atoms with Gasteiger partial charge in [0.2, 0.25) is 0 Å². The molecule has 0 saturated carbocycles. The van der Waals surface area contributed by atoms with Gasteiger partial charge in [0.15, 0.2) is 0 Å². The number of hydrogen-bond acceptors (Lipinski definition) is 3. The summed E-state index contributed by atoms with van der Waals surface area (Å²) in [7, 11) is 1.73. The molecule has 132 valence electrons. The molecule has 6 heteroatoms. The fraction of sp³-hybridized carbons (Fsp3) is 0.263. The molecular weight excluding hydrogens is 338 g/mol. The average molecular weight is 360 g/mol. The molecule has 0 radical (unpaired) electrons. The van der Waals surface area contributed by atoms with Crippen molar-refractivity contribution in [3.63, 3.8) is 0 Å². The molecule has 0 unspecified atom stereocenters. The topological polar surface area (TPSA) is 75.4 Å². The quantitative estimate of drug-likeness (QED) is 0.811. The molecule has 0 aliphatic carbocycles. The fourth-order valence-corrected chi connectivity index (χ4v) is 2.43. The van der Waals surface area contributed by atoms with Crippen LogP contribution in [0.3, 0.4) is 0 Å². The molecule has 0 heterocycles. The maximum absolute atomic E-state index is 12.5. The second-order valence-electron chi connectivity index (χ2n) is 6.23. The van der Waals surface area contributed by atoms with Crippen LogP contribution in [0.4, 0.5) is 11.4 Å². The maximum atomic E-state index is 12.5. The lowest BCUT2D eigenvalue weighted by atomic mass is 10.1. The maximum Gasteiger partial charge on any atom is 0.256 e. The third kappa shape index (κ3) is 4.31. The molecule has 3 N–H and O–H groups in total. The number of amides is 2. The van der Waals surface area contributed by atoms with Crippen LogP contribution in [0.15, 0.2) is 36.4 Å². The number of anilines is 2. The van der Waals surface area contributed by atoms with Gasteiger partial charge in [0.25, 0.3) is 11.8 Å². The molecule has 0 saturated heterocycles. The smallest absolute Gasteiger partial charge is 0.256 e. The summed E-state index contributed by atoms with van der Waals surface area (Å²) in [6.07, 6.45) is 0. The highest BCUT2D eigenvalue weighted by Crippen LogP contribution is 2.25. The number of carbonyl (C=O) groups excluding carboxylic acids is 2. The zero-order chi connectivity index (χ0) is 18.7. The number of nitrogens with one attached hydrogen (secondary N) is 1. The average Bonchev–Trinajstić information content (AvgIpc) is 2.57. The van der Waals surface area contributed by atoms with E-state index in [1.165, 1.54) is 0 Å². The van der Waals surface area contributed by atoms with Gasteiger partial charge in [0.05, 0.1) is 10.7 Å². The summed E-state index contributed by atoms with van der Waals surface area (Å²) in [5.74, 6) is -0.462. The Morgan fingerprint density at radius 1 is 1.16 bits per heavy atom. The summed E-state index contributed by atoms with van der Waals surface area (Å²) in [4.78, 5) is 26.6. The molecule has 0 aliphatic rings. The van der Waals surface area contributed by atoms with Crippen molar-refractivity contribution in [2.75, 3.05) is 18.1 Å². The number of carbonyl (C=O) groups is 2. The standard InChI is InChI=1S/C19H22ClN3O2/c1-11(2)23(4)19(25)13-6-8-16(20)17(9-13)22-18(24)15-10-14(21)7-5-12(15)3/h5-11H,21H2,1-4H3,(H,22,24). The van der Waals surface area contributed by atoms with E-state index >= 15 is 0 Å². The Bertz CT molecular complexity index is 818. The highest BCUT2D eigenvalue weighted by molar-refractivity contribution is 6.34. The molecule has 2 aromatic rings. The van der Waals surface area contributed by atoms with Gasteiger partial charge in [-0.2, -0.15) is 0 Å². The lowest BCUT2D eigenvalue weighted by Gasteiger charge is -2.22. The molecule has 0 bridgehead atoms. The molecule has 25 heavy (non-hydrogen) atoms. The zero-order valence-corrected chi connectivity index (χ0v) is 15.5. The van der Waals surface area contributed by atoms with E-state index in [0.717, 1.165) is 5.56 Å². The number of nitrogen functional groups attached to an aromatic ring is 1. The molecule has 0 fully saturated rings. The second kappa shape index (κ2) is 7.57. The fourth-order valence-electron chi connectivity index (χ4n) is 2.27. The molecular formula is C19H22ClN3O2. The minimum Gasteiger partial charge on any atom is -0.399 e. The van der Waals surface area contributed by atoms with E-state index in [4.69, 9.17) is 17.3 Å². The van der Waals surface area contributed by atoms with Gasteiger partial charge in [-0.3, -0.25) is 9.59 Å². The molecule has 0 aromatic heterocycles. The molecule has 5 nitrogen and oxygen atoms in total. The number of rotatable bonds is 4. The Hall–Kier alpha value is -2.53. The van der Waals surface area contributed by atoms with Crippen molar-refractivity contribution >= 4 is 34.8 Å². The van der Waals surface area contributed by atoms with Gasteiger partial charge in [0, 0.05) is 29.9 Å². The van der Waals surface area contributed by atoms with Crippen LogP contribution in [-0.2, 0) is 0 Å². The van der Waals surface area contributed by atoms with Gasteiger partial charge >= 0.3 is 0 Å². The summed E-state index contributed by atoms with van der Waals surface area (Å²) < 4.78 is 0. The van der Waals surface area contributed by atoms with E-state index in [9.17, 15) is 9.59 Å². The van der Waals surface area contributed by atoms with E-state index < -0.39 is 0 Å². The Morgan fingerprint density at radius 2 is 1.84 bits per heavy atom. The molecule has 0 atom stereocenters. The SMILES string of the molecule is Cc1ccc(N)cc1C(=O)Nc1cc(C(=O)N(C)C(C)C)ccc1Cl. The highest BCUT2D eigenvalue weighted by atomic mass is 35.5. The Balaban J connectivity index is 2.30. The summed E-state index contributed by atoms with van der Waals surface area (Å²) >= 11 is 6.18. The summed E-state index contributed by atoms with van der Waals surface area (Å²) in [5, 5.41) is 3.12. The van der Waals surface area contributed by atoms with Crippen molar-refractivity contribution in [3.8, 4) is 0 Å². The van der Waals surface area contributed by atoms with Crippen LogP contribution in [0.5, 0.6) is 0 Å². The number of aryl methyl sites for hydroxylation is 1. The van der Waals surface area contributed by atoms with Gasteiger partial charge < -0.3 is 16.0 Å². The van der Waals surface area contributed by atoms with Gasteiger partial charge in [0.1, 0.15) is 0 Å². The first-order chi connectivity index (χ1) is 11.7. The number of benzene rings is 2. The van der Waals surface area contributed by atoms with Crippen molar-refractivity contribution in [2.45, 2.75) is 26.8 Å². The molecule has 2 amide bonds. The lowest BCUT2D eigenvalue weighted by Crippen LogP contribution is -2.33. The normalized spacial score (nSPS) is 10.6. The molecule has 2 aromatic carbocycles. The Kier molecular flexibility index (Phi) is 5.69. The van der Waals surface area contributed by atoms with Crippen LogP contribution in [0.2, 0.25) is 5.02 Å². The third-order valence-corrected chi connectivity index (χ3v) is 4.39. The van der Waals surface area contributed by atoms with Crippen LogP contribution in [0.1, 0.15) is 40.1 Å². The summed E-state index contributed by atoms with van der Waals surface area (Å²) in [6.45, 7) is 5.69. The van der Waals surface area contributed by atoms with Gasteiger partial charge in [-0.1, -0.05) is 17.7 Å². The van der Waals surface area contributed by atoms with E-state index in [1.54, 1.807) is 48.3 Å². The van der Waals surface area contributed by atoms with E-state index in [2.05, 4.69) is 5.32 Å². The van der Waals surface area contributed by atoms with Crippen LogP contribution in [0.25, 0.3) is 0 Å². The van der Waals surface area contributed by atoms with Crippen molar-refractivity contribution in [1.29, 1.82) is 0 Å². The van der Waals surface area contributed by atoms with Crippen molar-refractivity contribution in [2.24, 2.45) is 0 Å². The van der Waals surface area contributed by atoms with Crippen LogP contribution < -0.4 is 11.1 Å². The van der Waals surface area contributed by atoms with Crippen LogP contribution in [0, 0.1) is 6.92 Å². The Labute approximate surface area is 152 Å². The first-order valence-electron chi connectivity index (χ1n) is 7.95. The van der Waals surface area contributed by atoms with Gasteiger partial charge in [-0.25, -0.2) is 0 Å². The van der Waals surface area contributed by atoms with E-state index in [0.29, 0.717) is 27.5 Å². The molecule has 0 spiro atoms. The summed E-state index contributed by atoms with van der Waals surface area (Å²) in [6, 6.07) is 10.0. The minimum absolute atomic E-state index is 0.0659. The van der Waals surface area contributed by atoms with E-state index in [1.807, 2.05) is 20.8 Å². The number of halogens is 1. The molecule has 2 rings (SSSR count). The van der Waals surface area contributed by atoms with Crippen molar-refractivity contribution in [3.05, 3.63) is 58.1 Å². The highest BCUT2D eigenvalue weighted by Gasteiger charge is 2.17. The monoisotopic (exact) mass is 359 g/mol. The molecule has 0 aliphatic heterocycles. The first-order valence-corrected chi connectivity index (χ1v) is 8.32. The van der Waals surface area contributed by atoms with Crippen LogP contribution >= 0.6 is 11.6 Å². The van der Waals surface area contributed by atoms with Gasteiger partial charge in [-0.15, -0.1) is 0 Å². The number of nitrogens with zero attached hydrogens (tertiary/aromatic N) is 1. The first kappa shape index (κ1) is 18.8. The lowest BCUT2D eigenvalue weighted by molar-refractivity contribution is 0.0754. The van der Waals surface area contributed by atoms with Crippen molar-refractivity contribution < 1.29 is 9.59 Å². The Morgan fingerprint density at radius 3 is 2.48 bits per heavy atom. The summed E-state index contributed by atoms with van der Waals surface area (Å²) in [5.41, 5.74) is 8.37. The van der Waals surface area contributed by atoms with E-state index in [-0.39, 0.29) is 17.9 Å². The van der Waals surface area contributed by atoms with Crippen LogP contribution in [-0.4, -0.2) is 29.8 Å². The number of nitrogens with two attached hydrogens (primary N) is 1. The minimum atomic E-state index is -0.325. The zero-order valence-electron chi connectivity index (χ0n) is 14.8. The number of hydrogen-bond donors (Lipinski definition) is 2. The second-order valence-corrected chi connectivity index (χ2v) is 6.64. The largest absolute Gasteiger partial charge is 0.399 e. The third-order valence-electron chi connectivity index (χ3n) is 4.06. The van der Waals surface area contributed by atoms with Crippen molar-refractivity contribution in [1.82, 2.24) is 4.90 Å². The predicted molar refractivity (Wildman–Crippen MR) is 102 cm³/mol. The van der Waals surface area contributed by atoms with Gasteiger partial charge in [-0.05, 0) is 56.7 Å².